The Balaban J connectivity index is 1.82. The SMILES string of the molecule is Nc1cc(Cn2nnc(-c3ccccc3)n2)ccc1Cl. The first-order valence-electron chi connectivity index (χ1n) is 6.09. The molecule has 0 amide bonds. The molecule has 0 fully saturated rings. The molecule has 5 nitrogen and oxygen atoms in total. The molecular weight excluding hydrogens is 274 g/mol. The molecule has 0 spiro atoms. The minimum atomic E-state index is 0.501. The first-order valence-corrected chi connectivity index (χ1v) is 6.47. The number of benzene rings is 2. The Labute approximate surface area is 121 Å². The molecule has 1 heterocycles. The van der Waals surface area contributed by atoms with Crippen LogP contribution in [0.25, 0.3) is 11.4 Å². The van der Waals surface area contributed by atoms with Crippen molar-refractivity contribution in [2.24, 2.45) is 0 Å². The predicted octanol–water partition coefficient (Wildman–Crippen LogP) is 2.62. The largest absolute Gasteiger partial charge is 0.398 e. The number of hydrogen-bond acceptors (Lipinski definition) is 4. The van der Waals surface area contributed by atoms with Crippen LogP contribution in [0, 0.1) is 0 Å². The number of hydrogen-bond donors (Lipinski definition) is 1. The summed E-state index contributed by atoms with van der Waals surface area (Å²) in [5.41, 5.74) is 8.24. The Morgan fingerprint density at radius 2 is 1.90 bits per heavy atom. The summed E-state index contributed by atoms with van der Waals surface area (Å²) in [5, 5.41) is 13.0. The van der Waals surface area contributed by atoms with E-state index in [1.54, 1.807) is 6.07 Å². The number of anilines is 1. The second-order valence-electron chi connectivity index (χ2n) is 4.37. The second kappa shape index (κ2) is 5.30. The Bertz CT molecular complexity index is 723. The van der Waals surface area contributed by atoms with Gasteiger partial charge in [0.15, 0.2) is 0 Å². The van der Waals surface area contributed by atoms with Gasteiger partial charge in [0.1, 0.15) is 0 Å². The van der Waals surface area contributed by atoms with Crippen LogP contribution in [-0.2, 0) is 6.54 Å². The fourth-order valence-electron chi connectivity index (χ4n) is 1.87. The van der Waals surface area contributed by atoms with Gasteiger partial charge in [-0.2, -0.15) is 4.80 Å². The van der Waals surface area contributed by atoms with Crippen molar-refractivity contribution >= 4 is 17.3 Å². The van der Waals surface area contributed by atoms with Crippen LogP contribution >= 0.6 is 11.6 Å². The molecule has 0 bridgehead atoms. The third kappa shape index (κ3) is 2.62. The zero-order chi connectivity index (χ0) is 13.9. The van der Waals surface area contributed by atoms with E-state index in [2.05, 4.69) is 15.4 Å². The molecule has 0 unspecified atom stereocenters. The van der Waals surface area contributed by atoms with Gasteiger partial charge in [-0.3, -0.25) is 0 Å². The van der Waals surface area contributed by atoms with E-state index in [0.717, 1.165) is 11.1 Å². The molecule has 0 radical (unpaired) electrons. The minimum absolute atomic E-state index is 0.501. The lowest BCUT2D eigenvalue weighted by atomic mass is 10.2. The van der Waals surface area contributed by atoms with E-state index < -0.39 is 0 Å². The van der Waals surface area contributed by atoms with E-state index >= 15 is 0 Å². The molecule has 20 heavy (non-hydrogen) atoms. The molecule has 0 saturated heterocycles. The fourth-order valence-corrected chi connectivity index (χ4v) is 1.99. The average Bonchev–Trinajstić information content (AvgIpc) is 2.92. The maximum absolute atomic E-state index is 5.89. The lowest BCUT2D eigenvalue weighted by Crippen LogP contribution is -2.04. The van der Waals surface area contributed by atoms with E-state index in [0.29, 0.717) is 23.1 Å². The van der Waals surface area contributed by atoms with Crippen molar-refractivity contribution < 1.29 is 0 Å². The van der Waals surface area contributed by atoms with Gasteiger partial charge < -0.3 is 5.73 Å². The summed E-state index contributed by atoms with van der Waals surface area (Å²) in [6.45, 7) is 0.501. The van der Waals surface area contributed by atoms with Crippen LogP contribution in [0.15, 0.2) is 48.5 Å². The summed E-state index contributed by atoms with van der Waals surface area (Å²) in [4.78, 5) is 1.53. The minimum Gasteiger partial charge on any atom is -0.398 e. The lowest BCUT2D eigenvalue weighted by Gasteiger charge is -2.02. The smallest absolute Gasteiger partial charge is 0.204 e. The van der Waals surface area contributed by atoms with Crippen molar-refractivity contribution in [1.29, 1.82) is 0 Å². The van der Waals surface area contributed by atoms with Gasteiger partial charge in [0.25, 0.3) is 0 Å². The van der Waals surface area contributed by atoms with E-state index in [1.807, 2.05) is 42.5 Å². The van der Waals surface area contributed by atoms with Crippen molar-refractivity contribution in [1.82, 2.24) is 20.2 Å². The summed E-state index contributed by atoms with van der Waals surface area (Å²) < 4.78 is 0. The zero-order valence-electron chi connectivity index (χ0n) is 10.6. The summed E-state index contributed by atoms with van der Waals surface area (Å²) in [5.74, 6) is 0.604. The van der Waals surface area contributed by atoms with E-state index in [1.165, 1.54) is 4.80 Å². The van der Waals surface area contributed by atoms with Crippen molar-refractivity contribution in [2.75, 3.05) is 5.73 Å². The van der Waals surface area contributed by atoms with Gasteiger partial charge in [0.2, 0.25) is 5.82 Å². The van der Waals surface area contributed by atoms with Crippen LogP contribution in [-0.4, -0.2) is 20.2 Å². The highest BCUT2D eigenvalue weighted by atomic mass is 35.5. The van der Waals surface area contributed by atoms with Crippen LogP contribution < -0.4 is 5.73 Å². The first-order chi connectivity index (χ1) is 9.72. The molecule has 2 aromatic carbocycles. The van der Waals surface area contributed by atoms with Gasteiger partial charge in [-0.05, 0) is 22.9 Å². The Morgan fingerprint density at radius 1 is 1.10 bits per heavy atom. The van der Waals surface area contributed by atoms with Gasteiger partial charge in [0.05, 0.1) is 17.3 Å². The van der Waals surface area contributed by atoms with Crippen LogP contribution in [0.5, 0.6) is 0 Å². The third-order valence-electron chi connectivity index (χ3n) is 2.87. The van der Waals surface area contributed by atoms with E-state index in [9.17, 15) is 0 Å². The number of nitrogens with two attached hydrogens (primary N) is 1. The molecule has 0 aliphatic heterocycles. The molecule has 1 aromatic heterocycles. The number of tetrazole rings is 1. The summed E-state index contributed by atoms with van der Waals surface area (Å²) >= 11 is 5.89. The summed E-state index contributed by atoms with van der Waals surface area (Å²) in [6, 6.07) is 15.2. The molecule has 100 valence electrons. The topological polar surface area (TPSA) is 69.6 Å². The number of nitrogen functional groups attached to an aromatic ring is 1. The van der Waals surface area contributed by atoms with Crippen LogP contribution in [0.2, 0.25) is 5.02 Å². The Hall–Kier alpha value is -2.40. The standard InChI is InChI=1S/C14H12ClN5/c15-12-7-6-10(8-13(12)16)9-20-18-14(17-19-20)11-4-2-1-3-5-11/h1-8H,9,16H2. The van der Waals surface area contributed by atoms with Gasteiger partial charge in [-0.1, -0.05) is 48.0 Å². The quantitative estimate of drug-likeness (QED) is 0.751. The highest BCUT2D eigenvalue weighted by Gasteiger charge is 2.06. The van der Waals surface area contributed by atoms with Gasteiger partial charge in [-0.15, -0.1) is 10.2 Å². The predicted molar refractivity (Wildman–Crippen MR) is 78.2 cm³/mol. The van der Waals surface area contributed by atoms with E-state index in [-0.39, 0.29) is 0 Å². The summed E-state index contributed by atoms with van der Waals surface area (Å²) in [7, 11) is 0. The molecule has 2 N–H and O–H groups in total. The Morgan fingerprint density at radius 3 is 2.65 bits per heavy atom. The third-order valence-corrected chi connectivity index (χ3v) is 3.21. The van der Waals surface area contributed by atoms with Gasteiger partial charge in [-0.25, -0.2) is 0 Å². The van der Waals surface area contributed by atoms with Crippen molar-refractivity contribution in [3.8, 4) is 11.4 Å². The lowest BCUT2D eigenvalue weighted by molar-refractivity contribution is 0.573. The van der Waals surface area contributed by atoms with Crippen molar-refractivity contribution in [2.45, 2.75) is 6.54 Å². The van der Waals surface area contributed by atoms with Gasteiger partial charge >= 0.3 is 0 Å². The van der Waals surface area contributed by atoms with Crippen LogP contribution in [0.3, 0.4) is 0 Å². The monoisotopic (exact) mass is 285 g/mol. The molecule has 6 heteroatoms. The van der Waals surface area contributed by atoms with Crippen molar-refractivity contribution in [3.05, 3.63) is 59.1 Å². The highest BCUT2D eigenvalue weighted by Crippen LogP contribution is 2.20. The van der Waals surface area contributed by atoms with E-state index in [4.69, 9.17) is 17.3 Å². The molecule has 0 aliphatic rings. The summed E-state index contributed by atoms with van der Waals surface area (Å²) in [6.07, 6.45) is 0. The maximum Gasteiger partial charge on any atom is 0.204 e. The molecule has 0 atom stereocenters. The highest BCUT2D eigenvalue weighted by molar-refractivity contribution is 6.33. The molecule has 3 aromatic rings. The molecule has 3 rings (SSSR count). The van der Waals surface area contributed by atoms with Crippen molar-refractivity contribution in [3.63, 3.8) is 0 Å². The number of nitrogens with zero attached hydrogens (tertiary/aromatic N) is 4. The Kier molecular flexibility index (Phi) is 3.35. The first kappa shape index (κ1) is 12.6. The van der Waals surface area contributed by atoms with Gasteiger partial charge in [0, 0.05) is 5.56 Å². The van der Waals surface area contributed by atoms with Crippen LogP contribution in [0.4, 0.5) is 5.69 Å². The fraction of sp³-hybridized carbons (Fsp3) is 0.0714. The second-order valence-corrected chi connectivity index (χ2v) is 4.77. The molecule has 0 aliphatic carbocycles. The maximum atomic E-state index is 5.89. The molecule has 0 saturated carbocycles. The molecular formula is C14H12ClN5. The number of rotatable bonds is 3. The number of halogens is 1. The normalized spacial score (nSPS) is 10.7. The zero-order valence-corrected chi connectivity index (χ0v) is 11.3. The van der Waals surface area contributed by atoms with Crippen LogP contribution in [0.1, 0.15) is 5.56 Å². The average molecular weight is 286 g/mol. The number of aromatic nitrogens is 4.